The maximum atomic E-state index is 12.8. The quantitative estimate of drug-likeness (QED) is 0.650. The molecule has 4 rings (SSSR count). The first-order valence-electron chi connectivity index (χ1n) is 11.6. The largest absolute Gasteiger partial charge is 0.378 e. The number of amides is 1. The maximum absolute atomic E-state index is 12.8. The zero-order valence-electron chi connectivity index (χ0n) is 19.5. The number of hydrogen-bond donors (Lipinski definition) is 1. The molecule has 9 heteroatoms. The van der Waals surface area contributed by atoms with Gasteiger partial charge < -0.3 is 15.0 Å². The SMILES string of the molecule is CC(C(=O)Nc1ccc(N2CCOCC2)cc1)N1CCN(S(=O)(=O)/C=C/c2ccccc2)CC1. The molecule has 1 atom stereocenters. The third-order valence-electron chi connectivity index (χ3n) is 6.30. The molecule has 0 radical (unpaired) electrons. The topological polar surface area (TPSA) is 82.2 Å². The number of nitrogens with zero attached hydrogens (tertiary/aromatic N) is 3. The van der Waals surface area contributed by atoms with Crippen LogP contribution in [0.25, 0.3) is 6.08 Å². The van der Waals surface area contributed by atoms with E-state index >= 15 is 0 Å². The van der Waals surface area contributed by atoms with E-state index in [0.29, 0.717) is 26.2 Å². The summed E-state index contributed by atoms with van der Waals surface area (Å²) in [6, 6.07) is 16.9. The molecule has 34 heavy (non-hydrogen) atoms. The Hall–Kier alpha value is -2.72. The number of carbonyl (C=O) groups excluding carboxylic acids is 1. The highest BCUT2D eigenvalue weighted by Crippen LogP contribution is 2.20. The Bertz CT molecular complexity index is 1080. The van der Waals surface area contributed by atoms with Gasteiger partial charge in [-0.05, 0) is 42.8 Å². The first kappa shape index (κ1) is 24.4. The van der Waals surface area contributed by atoms with Crippen LogP contribution in [-0.4, -0.2) is 82.1 Å². The molecular weight excluding hydrogens is 452 g/mol. The van der Waals surface area contributed by atoms with Gasteiger partial charge in [0.25, 0.3) is 0 Å². The van der Waals surface area contributed by atoms with Gasteiger partial charge in [0, 0.05) is 56.1 Å². The van der Waals surface area contributed by atoms with E-state index < -0.39 is 10.0 Å². The lowest BCUT2D eigenvalue weighted by Gasteiger charge is -2.36. The lowest BCUT2D eigenvalue weighted by Crippen LogP contribution is -2.53. The minimum atomic E-state index is -3.50. The van der Waals surface area contributed by atoms with Gasteiger partial charge in [-0.2, -0.15) is 4.31 Å². The van der Waals surface area contributed by atoms with E-state index in [1.807, 2.05) is 66.4 Å². The number of carbonyl (C=O) groups is 1. The molecule has 0 saturated carbocycles. The summed E-state index contributed by atoms with van der Waals surface area (Å²) in [6.07, 6.45) is 1.61. The Morgan fingerprint density at radius 2 is 1.59 bits per heavy atom. The lowest BCUT2D eigenvalue weighted by molar-refractivity contribution is -0.121. The molecule has 2 saturated heterocycles. The van der Waals surface area contributed by atoms with Gasteiger partial charge in [0.05, 0.1) is 19.3 Å². The van der Waals surface area contributed by atoms with Crippen molar-refractivity contribution in [2.45, 2.75) is 13.0 Å². The highest BCUT2D eigenvalue weighted by molar-refractivity contribution is 7.92. The molecule has 1 amide bonds. The first-order valence-corrected chi connectivity index (χ1v) is 13.1. The van der Waals surface area contributed by atoms with Crippen molar-refractivity contribution < 1.29 is 17.9 Å². The van der Waals surface area contributed by atoms with Crippen LogP contribution in [0.15, 0.2) is 60.0 Å². The van der Waals surface area contributed by atoms with Gasteiger partial charge in [-0.3, -0.25) is 9.69 Å². The Balaban J connectivity index is 1.27. The standard InChI is InChI=1S/C25H32N4O4S/c1-21(25(30)26-23-7-9-24(10-8-23)28-16-18-33-19-17-28)27-12-14-29(15-13-27)34(31,32)20-11-22-5-3-2-4-6-22/h2-11,20-21H,12-19H2,1H3,(H,26,30)/b20-11+. The highest BCUT2D eigenvalue weighted by Gasteiger charge is 2.29. The number of benzene rings is 2. The predicted octanol–water partition coefficient (Wildman–Crippen LogP) is 2.47. The Kier molecular flexibility index (Phi) is 7.99. The van der Waals surface area contributed by atoms with Crippen LogP contribution in [0.2, 0.25) is 0 Å². The molecule has 0 bridgehead atoms. The van der Waals surface area contributed by atoms with Crippen LogP contribution in [0.1, 0.15) is 12.5 Å². The van der Waals surface area contributed by atoms with Gasteiger partial charge >= 0.3 is 0 Å². The summed E-state index contributed by atoms with van der Waals surface area (Å²) in [5.74, 6) is -0.0978. The minimum absolute atomic E-state index is 0.0978. The second-order valence-corrected chi connectivity index (χ2v) is 10.3. The van der Waals surface area contributed by atoms with E-state index in [0.717, 1.165) is 43.2 Å². The van der Waals surface area contributed by atoms with E-state index in [4.69, 9.17) is 4.74 Å². The van der Waals surface area contributed by atoms with E-state index in [1.54, 1.807) is 6.08 Å². The molecular formula is C25H32N4O4S. The number of piperazine rings is 1. The fraction of sp³-hybridized carbons (Fsp3) is 0.400. The van der Waals surface area contributed by atoms with Crippen LogP contribution >= 0.6 is 0 Å². The molecule has 0 aliphatic carbocycles. The number of ether oxygens (including phenoxy) is 1. The van der Waals surface area contributed by atoms with Gasteiger partial charge in [0.1, 0.15) is 0 Å². The number of sulfonamides is 1. The maximum Gasteiger partial charge on any atom is 0.241 e. The highest BCUT2D eigenvalue weighted by atomic mass is 32.2. The van der Waals surface area contributed by atoms with Crippen molar-refractivity contribution in [3.05, 3.63) is 65.6 Å². The average molecular weight is 485 g/mol. The van der Waals surface area contributed by atoms with E-state index in [-0.39, 0.29) is 11.9 Å². The molecule has 2 fully saturated rings. The summed E-state index contributed by atoms with van der Waals surface area (Å²) in [5.41, 5.74) is 2.71. The van der Waals surface area contributed by atoms with Crippen LogP contribution < -0.4 is 10.2 Å². The number of hydrogen-bond acceptors (Lipinski definition) is 6. The molecule has 2 aliphatic heterocycles. The monoisotopic (exact) mass is 484 g/mol. The third kappa shape index (κ3) is 6.24. The molecule has 0 spiro atoms. The molecule has 2 aromatic rings. The van der Waals surface area contributed by atoms with E-state index in [1.165, 1.54) is 9.71 Å². The minimum Gasteiger partial charge on any atom is -0.378 e. The summed E-state index contributed by atoms with van der Waals surface area (Å²) in [7, 11) is -3.50. The van der Waals surface area contributed by atoms with Crippen molar-refractivity contribution in [3.63, 3.8) is 0 Å². The number of anilines is 2. The molecule has 2 heterocycles. The molecule has 0 aromatic heterocycles. The normalized spacial score (nSPS) is 19.3. The first-order chi connectivity index (χ1) is 16.4. The molecule has 1 N–H and O–H groups in total. The summed E-state index contributed by atoms with van der Waals surface area (Å²) < 4.78 is 32.2. The fourth-order valence-corrected chi connectivity index (χ4v) is 5.32. The third-order valence-corrected chi connectivity index (χ3v) is 7.87. The van der Waals surface area contributed by atoms with E-state index in [2.05, 4.69) is 10.2 Å². The van der Waals surface area contributed by atoms with Gasteiger partial charge in [0.15, 0.2) is 0 Å². The zero-order valence-corrected chi connectivity index (χ0v) is 20.3. The molecule has 2 aliphatic rings. The Morgan fingerprint density at radius 1 is 0.941 bits per heavy atom. The van der Waals surface area contributed by atoms with Crippen LogP contribution in [0, 0.1) is 0 Å². The summed E-state index contributed by atoms with van der Waals surface area (Å²) in [4.78, 5) is 17.1. The zero-order chi connectivity index (χ0) is 24.0. The number of nitrogens with one attached hydrogen (secondary N) is 1. The lowest BCUT2D eigenvalue weighted by atomic mass is 10.2. The van der Waals surface area contributed by atoms with Crippen molar-refractivity contribution in [2.24, 2.45) is 0 Å². The number of rotatable bonds is 7. The van der Waals surface area contributed by atoms with Crippen molar-refractivity contribution in [1.29, 1.82) is 0 Å². The van der Waals surface area contributed by atoms with Gasteiger partial charge in [-0.1, -0.05) is 30.3 Å². The van der Waals surface area contributed by atoms with Crippen LogP contribution in [0.3, 0.4) is 0 Å². The molecule has 182 valence electrons. The fourth-order valence-electron chi connectivity index (χ4n) is 4.15. The Morgan fingerprint density at radius 3 is 2.24 bits per heavy atom. The summed E-state index contributed by atoms with van der Waals surface area (Å²) >= 11 is 0. The van der Waals surface area contributed by atoms with Crippen molar-refractivity contribution in [1.82, 2.24) is 9.21 Å². The van der Waals surface area contributed by atoms with Crippen LogP contribution in [-0.2, 0) is 19.6 Å². The second-order valence-electron chi connectivity index (χ2n) is 8.50. The van der Waals surface area contributed by atoms with Gasteiger partial charge in [-0.25, -0.2) is 8.42 Å². The molecule has 1 unspecified atom stereocenters. The summed E-state index contributed by atoms with van der Waals surface area (Å²) in [5, 5.41) is 4.24. The van der Waals surface area contributed by atoms with Crippen LogP contribution in [0.5, 0.6) is 0 Å². The van der Waals surface area contributed by atoms with Crippen LogP contribution in [0.4, 0.5) is 11.4 Å². The predicted molar refractivity (Wildman–Crippen MR) is 135 cm³/mol. The average Bonchev–Trinajstić information content (AvgIpc) is 2.89. The van der Waals surface area contributed by atoms with Crippen molar-refractivity contribution in [2.75, 3.05) is 62.7 Å². The van der Waals surface area contributed by atoms with Gasteiger partial charge in [-0.15, -0.1) is 0 Å². The molecule has 2 aromatic carbocycles. The smallest absolute Gasteiger partial charge is 0.241 e. The molecule has 8 nitrogen and oxygen atoms in total. The van der Waals surface area contributed by atoms with Gasteiger partial charge in [0.2, 0.25) is 15.9 Å². The number of morpholine rings is 1. The van der Waals surface area contributed by atoms with E-state index in [9.17, 15) is 13.2 Å². The Labute approximate surface area is 201 Å². The van der Waals surface area contributed by atoms with Crippen molar-refractivity contribution in [3.8, 4) is 0 Å². The second kappa shape index (κ2) is 11.1. The van der Waals surface area contributed by atoms with Crippen molar-refractivity contribution >= 4 is 33.4 Å². The summed E-state index contributed by atoms with van der Waals surface area (Å²) in [6.45, 7) is 6.77.